The second-order valence-corrected chi connectivity index (χ2v) is 3.61. The maximum Gasteiger partial charge on any atom is 0.248 e. The van der Waals surface area contributed by atoms with Gasteiger partial charge in [-0.05, 0) is 43.0 Å². The Morgan fingerprint density at radius 1 is 1.43 bits per heavy atom. The molecule has 0 aromatic heterocycles. The van der Waals surface area contributed by atoms with Gasteiger partial charge in [-0.15, -0.1) is 0 Å². The highest BCUT2D eigenvalue weighted by Crippen LogP contribution is 2.13. The summed E-state index contributed by atoms with van der Waals surface area (Å²) in [5.74, 6) is -0.352. The number of amides is 1. The summed E-state index contributed by atoms with van der Waals surface area (Å²) in [5.41, 5.74) is 8.27. The van der Waals surface area contributed by atoms with Crippen LogP contribution < -0.4 is 5.73 Å². The summed E-state index contributed by atoms with van der Waals surface area (Å²) in [5, 5.41) is 0. The predicted molar refractivity (Wildman–Crippen MR) is 58.3 cm³/mol. The van der Waals surface area contributed by atoms with Crippen molar-refractivity contribution in [2.45, 2.75) is 33.1 Å². The van der Waals surface area contributed by atoms with Gasteiger partial charge < -0.3 is 5.73 Å². The fourth-order valence-electron chi connectivity index (χ4n) is 1.50. The van der Waals surface area contributed by atoms with Crippen LogP contribution in [0.4, 0.5) is 0 Å². The van der Waals surface area contributed by atoms with Crippen LogP contribution in [0.3, 0.4) is 0 Å². The van der Waals surface area contributed by atoms with E-state index < -0.39 is 0 Å². The summed E-state index contributed by atoms with van der Waals surface area (Å²) in [7, 11) is 0. The normalized spacial score (nSPS) is 10.1. The molecule has 0 saturated carbocycles. The van der Waals surface area contributed by atoms with Crippen LogP contribution in [-0.2, 0) is 6.42 Å². The molecule has 1 aromatic carbocycles. The zero-order chi connectivity index (χ0) is 10.6. The average molecular weight is 191 g/mol. The first-order chi connectivity index (χ1) is 6.65. The van der Waals surface area contributed by atoms with Gasteiger partial charge in [0.25, 0.3) is 0 Å². The Morgan fingerprint density at radius 2 is 2.14 bits per heavy atom. The first-order valence-electron chi connectivity index (χ1n) is 5.04. The van der Waals surface area contributed by atoms with E-state index in [0.29, 0.717) is 5.56 Å². The molecule has 2 heteroatoms. The van der Waals surface area contributed by atoms with Crippen molar-refractivity contribution in [1.82, 2.24) is 0 Å². The third-order valence-corrected chi connectivity index (χ3v) is 2.43. The third-order valence-electron chi connectivity index (χ3n) is 2.43. The summed E-state index contributed by atoms with van der Waals surface area (Å²) < 4.78 is 0. The van der Waals surface area contributed by atoms with E-state index in [0.717, 1.165) is 12.0 Å². The van der Waals surface area contributed by atoms with E-state index in [4.69, 9.17) is 5.73 Å². The van der Waals surface area contributed by atoms with Gasteiger partial charge in [-0.2, -0.15) is 0 Å². The molecule has 0 atom stereocenters. The molecule has 0 aliphatic carbocycles. The maximum atomic E-state index is 10.9. The molecule has 0 fully saturated rings. The Kier molecular flexibility index (Phi) is 3.69. The highest BCUT2D eigenvalue weighted by Gasteiger charge is 2.03. The number of carbonyl (C=O) groups is 1. The molecular formula is C12H17NO. The lowest BCUT2D eigenvalue weighted by Gasteiger charge is -2.06. The molecule has 0 unspecified atom stereocenters. The van der Waals surface area contributed by atoms with E-state index in [1.807, 2.05) is 19.1 Å². The molecular weight excluding hydrogens is 174 g/mol. The summed E-state index contributed by atoms with van der Waals surface area (Å²) in [6.45, 7) is 4.20. The van der Waals surface area contributed by atoms with Crippen LogP contribution in [0.2, 0.25) is 0 Å². The van der Waals surface area contributed by atoms with Gasteiger partial charge in [0.05, 0.1) is 0 Å². The van der Waals surface area contributed by atoms with E-state index >= 15 is 0 Å². The molecule has 1 aromatic rings. The van der Waals surface area contributed by atoms with Crippen molar-refractivity contribution in [2.24, 2.45) is 5.73 Å². The molecule has 2 N–H and O–H groups in total. The molecule has 0 bridgehead atoms. The second-order valence-electron chi connectivity index (χ2n) is 3.61. The van der Waals surface area contributed by atoms with Crippen LogP contribution in [0.15, 0.2) is 18.2 Å². The number of hydrogen-bond acceptors (Lipinski definition) is 1. The molecule has 0 saturated heterocycles. The van der Waals surface area contributed by atoms with Crippen molar-refractivity contribution in [2.75, 3.05) is 0 Å². The molecule has 0 radical (unpaired) electrons. The molecule has 2 nitrogen and oxygen atoms in total. The Bertz CT molecular complexity index is 331. The lowest BCUT2D eigenvalue weighted by Crippen LogP contribution is -2.11. The number of carbonyl (C=O) groups excluding carboxylic acids is 1. The first kappa shape index (κ1) is 10.8. The van der Waals surface area contributed by atoms with Gasteiger partial charge in [0.1, 0.15) is 0 Å². The molecule has 76 valence electrons. The highest BCUT2D eigenvalue weighted by atomic mass is 16.1. The predicted octanol–water partition coefficient (Wildman–Crippen LogP) is 2.44. The maximum absolute atomic E-state index is 10.9. The minimum Gasteiger partial charge on any atom is -0.366 e. The van der Waals surface area contributed by atoms with Gasteiger partial charge in [0.2, 0.25) is 5.91 Å². The fourth-order valence-corrected chi connectivity index (χ4v) is 1.50. The topological polar surface area (TPSA) is 43.1 Å². The molecule has 1 rings (SSSR count). The number of unbranched alkanes of at least 4 members (excludes halogenated alkanes) is 1. The van der Waals surface area contributed by atoms with Gasteiger partial charge >= 0.3 is 0 Å². The summed E-state index contributed by atoms with van der Waals surface area (Å²) in [6, 6.07) is 5.68. The Hall–Kier alpha value is -1.31. The molecule has 0 aliphatic heterocycles. The molecule has 0 heterocycles. The summed E-state index contributed by atoms with van der Waals surface area (Å²) in [4.78, 5) is 10.9. The minimum atomic E-state index is -0.352. The standard InChI is InChI=1S/C12H17NO/c1-3-4-5-10-6-7-11(12(13)14)8-9(10)2/h6-8H,3-5H2,1-2H3,(H2,13,14). The minimum absolute atomic E-state index is 0.352. The van der Waals surface area contributed by atoms with Crippen LogP contribution >= 0.6 is 0 Å². The fraction of sp³-hybridized carbons (Fsp3) is 0.417. The lowest BCUT2D eigenvalue weighted by atomic mass is 10.0. The van der Waals surface area contributed by atoms with Crippen molar-refractivity contribution < 1.29 is 4.79 Å². The van der Waals surface area contributed by atoms with E-state index in [1.54, 1.807) is 6.07 Å². The Morgan fingerprint density at radius 3 is 2.64 bits per heavy atom. The van der Waals surface area contributed by atoms with Crippen LogP contribution in [0.5, 0.6) is 0 Å². The van der Waals surface area contributed by atoms with Crippen molar-refractivity contribution in [1.29, 1.82) is 0 Å². The van der Waals surface area contributed by atoms with Crippen molar-refractivity contribution in [3.8, 4) is 0 Å². The smallest absolute Gasteiger partial charge is 0.248 e. The lowest BCUT2D eigenvalue weighted by molar-refractivity contribution is 0.1000. The van der Waals surface area contributed by atoms with E-state index in [9.17, 15) is 4.79 Å². The largest absolute Gasteiger partial charge is 0.366 e. The van der Waals surface area contributed by atoms with Gasteiger partial charge in [-0.1, -0.05) is 19.4 Å². The van der Waals surface area contributed by atoms with E-state index in [-0.39, 0.29) is 5.91 Å². The first-order valence-corrected chi connectivity index (χ1v) is 5.04. The number of nitrogens with two attached hydrogens (primary N) is 1. The zero-order valence-corrected chi connectivity index (χ0v) is 8.84. The average Bonchev–Trinajstić information content (AvgIpc) is 2.15. The van der Waals surface area contributed by atoms with E-state index in [1.165, 1.54) is 18.4 Å². The number of hydrogen-bond donors (Lipinski definition) is 1. The number of primary amides is 1. The molecule has 1 amide bonds. The zero-order valence-electron chi connectivity index (χ0n) is 8.84. The Labute approximate surface area is 85.1 Å². The second kappa shape index (κ2) is 4.80. The van der Waals surface area contributed by atoms with Crippen LogP contribution in [-0.4, -0.2) is 5.91 Å². The summed E-state index contributed by atoms with van der Waals surface area (Å²) in [6.07, 6.45) is 3.47. The SMILES string of the molecule is CCCCc1ccc(C(N)=O)cc1C. The van der Waals surface area contributed by atoms with Gasteiger partial charge in [0, 0.05) is 5.56 Å². The van der Waals surface area contributed by atoms with Crippen molar-refractivity contribution in [3.63, 3.8) is 0 Å². The van der Waals surface area contributed by atoms with Gasteiger partial charge in [0.15, 0.2) is 0 Å². The number of benzene rings is 1. The molecule has 0 spiro atoms. The van der Waals surface area contributed by atoms with Gasteiger partial charge in [-0.25, -0.2) is 0 Å². The summed E-state index contributed by atoms with van der Waals surface area (Å²) >= 11 is 0. The monoisotopic (exact) mass is 191 g/mol. The highest BCUT2D eigenvalue weighted by molar-refractivity contribution is 5.93. The number of aryl methyl sites for hydroxylation is 2. The van der Waals surface area contributed by atoms with Crippen LogP contribution in [0.25, 0.3) is 0 Å². The van der Waals surface area contributed by atoms with Gasteiger partial charge in [-0.3, -0.25) is 4.79 Å². The van der Waals surface area contributed by atoms with Crippen LogP contribution in [0.1, 0.15) is 41.3 Å². The van der Waals surface area contributed by atoms with Crippen LogP contribution in [0, 0.1) is 6.92 Å². The molecule has 14 heavy (non-hydrogen) atoms. The quantitative estimate of drug-likeness (QED) is 0.780. The van der Waals surface area contributed by atoms with Crippen molar-refractivity contribution in [3.05, 3.63) is 34.9 Å². The number of rotatable bonds is 4. The Balaban J connectivity index is 2.84. The molecule has 0 aliphatic rings. The van der Waals surface area contributed by atoms with E-state index in [2.05, 4.69) is 6.92 Å². The van der Waals surface area contributed by atoms with Crippen molar-refractivity contribution >= 4 is 5.91 Å². The third kappa shape index (κ3) is 2.59.